The lowest BCUT2D eigenvalue weighted by atomic mass is 10.3. The fourth-order valence-corrected chi connectivity index (χ4v) is 2.33. The molecule has 0 bridgehead atoms. The maximum absolute atomic E-state index is 10.5. The number of amides is 1. The number of ether oxygens (including phenoxy) is 1. The van der Waals surface area contributed by atoms with Gasteiger partial charge in [-0.05, 0) is 30.4 Å². The van der Waals surface area contributed by atoms with Gasteiger partial charge >= 0.3 is 0 Å². The number of fused-ring (bicyclic) bond motifs is 1. The van der Waals surface area contributed by atoms with Gasteiger partial charge in [-0.2, -0.15) is 0 Å². The van der Waals surface area contributed by atoms with Crippen LogP contribution in [0.15, 0.2) is 22.7 Å². The number of aromatic nitrogens is 2. The van der Waals surface area contributed by atoms with Crippen LogP contribution in [0.1, 0.15) is 0 Å². The molecular weight excluding hydrogens is 318 g/mol. The average Bonchev–Trinajstić information content (AvgIpc) is 2.60. The molecule has 1 heterocycles. The van der Waals surface area contributed by atoms with Crippen molar-refractivity contribution < 1.29 is 9.53 Å². The summed E-state index contributed by atoms with van der Waals surface area (Å²) in [6.07, 6.45) is 0. The lowest BCUT2D eigenvalue weighted by Gasteiger charge is -2.05. The second kappa shape index (κ2) is 5.64. The maximum Gasteiger partial charge on any atom is 0.243 e. The summed E-state index contributed by atoms with van der Waals surface area (Å²) in [5, 5.41) is 0. The summed E-state index contributed by atoms with van der Waals surface area (Å²) in [6, 6.07) is 5.88. The minimum atomic E-state index is -0.472. The van der Waals surface area contributed by atoms with Crippen LogP contribution in [0.25, 0.3) is 11.0 Å². The van der Waals surface area contributed by atoms with Crippen molar-refractivity contribution in [3.63, 3.8) is 0 Å². The van der Waals surface area contributed by atoms with Crippen molar-refractivity contribution in [2.24, 2.45) is 5.73 Å². The molecule has 2 aromatic rings. The first kappa shape index (κ1) is 13.3. The summed E-state index contributed by atoms with van der Waals surface area (Å²) in [5.41, 5.74) is 6.96. The Morgan fingerprint density at radius 2 is 2.33 bits per heavy atom. The highest BCUT2D eigenvalue weighted by Gasteiger charge is 2.05. The number of rotatable bonds is 5. The lowest BCUT2D eigenvalue weighted by Crippen LogP contribution is -2.19. The first-order valence-corrected chi connectivity index (χ1v) is 6.52. The highest BCUT2D eigenvalue weighted by molar-refractivity contribution is 9.10. The number of carbonyl (C=O) groups excluding carboxylic acids is 1. The second-order valence-electron chi connectivity index (χ2n) is 3.76. The van der Waals surface area contributed by atoms with Gasteiger partial charge in [0.2, 0.25) is 5.91 Å². The number of hydrogen-bond acceptors (Lipinski definition) is 3. The van der Waals surface area contributed by atoms with E-state index in [2.05, 4.69) is 20.9 Å². The largest absolute Gasteiger partial charge is 0.370 e. The van der Waals surface area contributed by atoms with Crippen LogP contribution in [0, 0.1) is 4.77 Å². The van der Waals surface area contributed by atoms with E-state index in [-0.39, 0.29) is 6.61 Å². The van der Waals surface area contributed by atoms with E-state index in [0.717, 1.165) is 15.5 Å². The predicted molar refractivity (Wildman–Crippen MR) is 74.8 cm³/mol. The van der Waals surface area contributed by atoms with E-state index >= 15 is 0 Å². The van der Waals surface area contributed by atoms with Gasteiger partial charge in [-0.15, -0.1) is 0 Å². The summed E-state index contributed by atoms with van der Waals surface area (Å²) >= 11 is 8.67. The Hall–Kier alpha value is -1.18. The molecule has 0 unspecified atom stereocenters. The molecule has 0 atom stereocenters. The van der Waals surface area contributed by atoms with Gasteiger partial charge in [0.1, 0.15) is 6.61 Å². The standard InChI is InChI=1S/C11H12BrN3O2S/c12-7-1-2-8-9(5-7)15(11(18)14-8)3-4-17-6-10(13)16/h1-2,5H,3-4,6H2,(H2,13,16)(H,14,18). The molecule has 0 radical (unpaired) electrons. The van der Waals surface area contributed by atoms with Crippen molar-refractivity contribution >= 4 is 45.1 Å². The highest BCUT2D eigenvalue weighted by atomic mass is 79.9. The molecule has 0 spiro atoms. The molecule has 1 aromatic heterocycles. The Balaban J connectivity index is 2.17. The number of benzene rings is 1. The smallest absolute Gasteiger partial charge is 0.243 e. The van der Waals surface area contributed by atoms with E-state index in [4.69, 9.17) is 22.7 Å². The lowest BCUT2D eigenvalue weighted by molar-refractivity contribution is -0.122. The van der Waals surface area contributed by atoms with Crippen LogP contribution in [0.5, 0.6) is 0 Å². The maximum atomic E-state index is 10.5. The van der Waals surface area contributed by atoms with E-state index in [1.165, 1.54) is 0 Å². The molecule has 0 saturated heterocycles. The number of nitrogens with zero attached hydrogens (tertiary/aromatic N) is 1. The zero-order valence-electron chi connectivity index (χ0n) is 9.48. The second-order valence-corrected chi connectivity index (χ2v) is 5.06. The number of nitrogens with two attached hydrogens (primary N) is 1. The summed E-state index contributed by atoms with van der Waals surface area (Å²) in [6.45, 7) is 0.888. The van der Waals surface area contributed by atoms with Gasteiger partial charge in [-0.1, -0.05) is 15.9 Å². The van der Waals surface area contributed by atoms with Gasteiger partial charge in [0.25, 0.3) is 0 Å². The Kier molecular flexibility index (Phi) is 4.15. The van der Waals surface area contributed by atoms with Crippen molar-refractivity contribution in [2.45, 2.75) is 6.54 Å². The summed E-state index contributed by atoms with van der Waals surface area (Å²) < 4.78 is 8.67. The predicted octanol–water partition coefficient (Wildman–Crippen LogP) is 1.96. The van der Waals surface area contributed by atoms with Crippen LogP contribution in [-0.4, -0.2) is 28.7 Å². The quantitative estimate of drug-likeness (QED) is 0.650. The topological polar surface area (TPSA) is 73.0 Å². The number of aromatic amines is 1. The van der Waals surface area contributed by atoms with Crippen molar-refractivity contribution in [1.29, 1.82) is 0 Å². The van der Waals surface area contributed by atoms with E-state index in [1.807, 2.05) is 22.8 Å². The van der Waals surface area contributed by atoms with E-state index in [9.17, 15) is 4.79 Å². The molecule has 1 aromatic carbocycles. The Bertz CT molecular complexity index is 635. The van der Waals surface area contributed by atoms with Crippen molar-refractivity contribution in [2.75, 3.05) is 13.2 Å². The molecule has 18 heavy (non-hydrogen) atoms. The number of halogens is 1. The highest BCUT2D eigenvalue weighted by Crippen LogP contribution is 2.19. The summed E-state index contributed by atoms with van der Waals surface area (Å²) in [7, 11) is 0. The number of nitrogens with one attached hydrogen (secondary N) is 1. The molecule has 5 nitrogen and oxygen atoms in total. The fraction of sp³-hybridized carbons (Fsp3) is 0.273. The van der Waals surface area contributed by atoms with E-state index in [0.29, 0.717) is 17.9 Å². The van der Waals surface area contributed by atoms with Crippen LogP contribution in [0.3, 0.4) is 0 Å². The van der Waals surface area contributed by atoms with Crippen LogP contribution in [0.2, 0.25) is 0 Å². The Morgan fingerprint density at radius 1 is 1.56 bits per heavy atom. The van der Waals surface area contributed by atoms with E-state index in [1.54, 1.807) is 0 Å². The molecular formula is C11H12BrN3O2S. The van der Waals surface area contributed by atoms with Gasteiger partial charge < -0.3 is 20.0 Å². The van der Waals surface area contributed by atoms with Gasteiger partial charge in [0, 0.05) is 11.0 Å². The molecule has 1 amide bonds. The summed E-state index contributed by atoms with van der Waals surface area (Å²) in [5.74, 6) is -0.472. The van der Waals surface area contributed by atoms with Crippen LogP contribution in [-0.2, 0) is 16.1 Å². The zero-order valence-corrected chi connectivity index (χ0v) is 11.9. The molecule has 0 aliphatic rings. The molecule has 7 heteroatoms. The molecule has 2 rings (SSSR count). The molecule has 0 fully saturated rings. The number of carbonyl (C=O) groups is 1. The van der Waals surface area contributed by atoms with Gasteiger partial charge in [0.15, 0.2) is 4.77 Å². The average molecular weight is 330 g/mol. The third-order valence-electron chi connectivity index (χ3n) is 2.44. The molecule has 0 saturated carbocycles. The summed E-state index contributed by atoms with van der Waals surface area (Å²) in [4.78, 5) is 13.7. The molecule has 0 aliphatic heterocycles. The van der Waals surface area contributed by atoms with Crippen LogP contribution < -0.4 is 5.73 Å². The SMILES string of the molecule is NC(=O)COCCn1c(=S)[nH]c2ccc(Br)cc21. The minimum Gasteiger partial charge on any atom is -0.370 e. The van der Waals surface area contributed by atoms with Gasteiger partial charge in [-0.3, -0.25) is 4.79 Å². The molecule has 3 N–H and O–H groups in total. The Labute approximate surface area is 117 Å². The molecule has 0 aliphatic carbocycles. The number of hydrogen-bond donors (Lipinski definition) is 2. The van der Waals surface area contributed by atoms with Crippen molar-refractivity contribution in [3.05, 3.63) is 27.4 Å². The molecule has 96 valence electrons. The van der Waals surface area contributed by atoms with E-state index < -0.39 is 5.91 Å². The number of primary amides is 1. The first-order valence-electron chi connectivity index (χ1n) is 5.32. The van der Waals surface area contributed by atoms with Crippen molar-refractivity contribution in [3.8, 4) is 0 Å². The van der Waals surface area contributed by atoms with Crippen LogP contribution in [0.4, 0.5) is 0 Å². The fourth-order valence-electron chi connectivity index (χ4n) is 1.68. The monoisotopic (exact) mass is 329 g/mol. The normalized spacial score (nSPS) is 10.9. The number of imidazole rings is 1. The first-order chi connectivity index (χ1) is 8.58. The third-order valence-corrected chi connectivity index (χ3v) is 3.26. The van der Waals surface area contributed by atoms with Gasteiger partial charge in [0.05, 0.1) is 17.6 Å². The number of H-pyrrole nitrogens is 1. The van der Waals surface area contributed by atoms with Crippen LogP contribution >= 0.6 is 28.1 Å². The minimum absolute atomic E-state index is 0.0701. The Morgan fingerprint density at radius 3 is 3.06 bits per heavy atom. The third kappa shape index (κ3) is 2.98. The van der Waals surface area contributed by atoms with Crippen molar-refractivity contribution in [1.82, 2.24) is 9.55 Å². The van der Waals surface area contributed by atoms with Gasteiger partial charge in [-0.25, -0.2) is 0 Å². The zero-order chi connectivity index (χ0) is 13.1.